The van der Waals surface area contributed by atoms with Crippen LogP contribution in [-0.4, -0.2) is 39.4 Å². The Morgan fingerprint density at radius 2 is 2.24 bits per heavy atom. The molecule has 1 aliphatic rings. The topological polar surface area (TPSA) is 96.3 Å². The van der Waals surface area contributed by atoms with Crippen LogP contribution < -0.4 is 10.2 Å². The van der Waals surface area contributed by atoms with Crippen LogP contribution in [0.2, 0.25) is 0 Å². The van der Waals surface area contributed by atoms with Crippen molar-refractivity contribution >= 4 is 5.91 Å². The molecule has 1 aliphatic heterocycles. The molecule has 0 radical (unpaired) electrons. The number of aryl methyl sites for hydroxylation is 1. The summed E-state index contributed by atoms with van der Waals surface area (Å²) in [4.78, 5) is 12.3. The van der Waals surface area contributed by atoms with Crippen molar-refractivity contribution in [3.8, 4) is 5.88 Å². The van der Waals surface area contributed by atoms with Crippen LogP contribution in [0.4, 0.5) is 0 Å². The van der Waals surface area contributed by atoms with Gasteiger partial charge in [-0.15, -0.1) is 5.10 Å². The van der Waals surface area contributed by atoms with Gasteiger partial charge in [-0.2, -0.15) is 0 Å². The summed E-state index contributed by atoms with van der Waals surface area (Å²) in [5, 5.41) is 12.6. The molecule has 0 spiro atoms. The van der Waals surface area contributed by atoms with E-state index in [0.29, 0.717) is 11.6 Å². The number of carbonyl (C=O) groups excluding carboxylic acids is 1. The quantitative estimate of drug-likeness (QED) is 0.799. The van der Waals surface area contributed by atoms with E-state index in [-0.39, 0.29) is 17.9 Å². The number of aromatic nitrogens is 3. The molecule has 0 aliphatic carbocycles. The van der Waals surface area contributed by atoms with Gasteiger partial charge in [-0.1, -0.05) is 19.0 Å². The zero-order chi connectivity index (χ0) is 17.8. The van der Waals surface area contributed by atoms with Crippen LogP contribution in [0.3, 0.4) is 0 Å². The molecule has 2 N–H and O–H groups in total. The minimum absolute atomic E-state index is 0.203. The molecule has 3 rings (SSSR count). The molecule has 8 heteroatoms. The fraction of sp³-hybridized carbons (Fsp3) is 0.588. The Labute approximate surface area is 146 Å². The second-order valence-corrected chi connectivity index (χ2v) is 6.52. The number of ether oxygens (including phenoxy) is 1. The maximum Gasteiger partial charge on any atom is 0.283 e. The summed E-state index contributed by atoms with van der Waals surface area (Å²) in [5.74, 6) is 1.16. The highest BCUT2D eigenvalue weighted by atomic mass is 16.5. The van der Waals surface area contributed by atoms with E-state index in [2.05, 4.69) is 34.6 Å². The molecule has 1 fully saturated rings. The first-order valence-corrected chi connectivity index (χ1v) is 8.77. The number of hydrogen-bond acceptors (Lipinski definition) is 6. The third-order valence-corrected chi connectivity index (χ3v) is 4.67. The number of nitrogens with one attached hydrogen (secondary N) is 2. The summed E-state index contributed by atoms with van der Waals surface area (Å²) in [7, 11) is 0. The Kier molecular flexibility index (Phi) is 5.37. The molecule has 25 heavy (non-hydrogen) atoms. The predicted molar refractivity (Wildman–Crippen MR) is 90.9 cm³/mol. The first-order chi connectivity index (χ1) is 12.1. The van der Waals surface area contributed by atoms with Gasteiger partial charge in [-0.3, -0.25) is 15.3 Å². The van der Waals surface area contributed by atoms with Gasteiger partial charge < -0.3 is 9.26 Å². The van der Waals surface area contributed by atoms with E-state index in [9.17, 15) is 4.79 Å². The fourth-order valence-electron chi connectivity index (χ4n) is 2.92. The van der Waals surface area contributed by atoms with Crippen LogP contribution >= 0.6 is 0 Å². The van der Waals surface area contributed by atoms with Crippen LogP contribution in [0.1, 0.15) is 61.0 Å². The molecule has 3 heterocycles. The van der Waals surface area contributed by atoms with E-state index in [1.807, 2.05) is 11.9 Å². The van der Waals surface area contributed by atoms with Crippen molar-refractivity contribution < 1.29 is 14.1 Å². The SMILES string of the molecule is CCC(C)C(Oc1cc(C(=O)NN2CCCC2)[nH]n1)c1cnoc1C. The van der Waals surface area contributed by atoms with Gasteiger partial charge in [0.25, 0.3) is 5.91 Å². The predicted octanol–water partition coefficient (Wildman–Crippen LogP) is 2.61. The molecule has 2 aromatic rings. The summed E-state index contributed by atoms with van der Waals surface area (Å²) in [6.07, 6.45) is 4.59. The Bertz CT molecular complexity index is 705. The number of H-pyrrole nitrogens is 1. The lowest BCUT2D eigenvalue weighted by Gasteiger charge is -2.22. The van der Waals surface area contributed by atoms with Crippen LogP contribution in [0.15, 0.2) is 16.8 Å². The molecule has 1 saturated heterocycles. The molecule has 1 amide bonds. The van der Waals surface area contributed by atoms with Crippen molar-refractivity contribution in [2.75, 3.05) is 13.1 Å². The third-order valence-electron chi connectivity index (χ3n) is 4.67. The number of carbonyl (C=O) groups is 1. The summed E-state index contributed by atoms with van der Waals surface area (Å²) in [6.45, 7) is 7.83. The molecule has 2 atom stereocenters. The molecule has 0 aromatic carbocycles. The minimum Gasteiger partial charge on any atom is -0.468 e. The van der Waals surface area contributed by atoms with Crippen molar-refractivity contribution in [3.63, 3.8) is 0 Å². The van der Waals surface area contributed by atoms with E-state index in [4.69, 9.17) is 9.26 Å². The second-order valence-electron chi connectivity index (χ2n) is 6.52. The van der Waals surface area contributed by atoms with Gasteiger partial charge in [-0.05, 0) is 32.1 Å². The number of aromatic amines is 1. The van der Waals surface area contributed by atoms with Crippen molar-refractivity contribution in [1.29, 1.82) is 0 Å². The molecule has 8 nitrogen and oxygen atoms in total. The van der Waals surface area contributed by atoms with Gasteiger partial charge in [0.1, 0.15) is 17.6 Å². The van der Waals surface area contributed by atoms with Crippen molar-refractivity contribution in [2.45, 2.75) is 46.1 Å². The molecule has 2 aromatic heterocycles. The molecule has 2 unspecified atom stereocenters. The minimum atomic E-state index is -0.228. The number of hydrogen-bond donors (Lipinski definition) is 2. The molecular formula is C17H25N5O3. The highest BCUT2D eigenvalue weighted by Crippen LogP contribution is 2.31. The maximum atomic E-state index is 12.3. The van der Waals surface area contributed by atoms with Gasteiger partial charge in [0.2, 0.25) is 5.88 Å². The zero-order valence-electron chi connectivity index (χ0n) is 14.9. The third kappa shape index (κ3) is 4.01. The number of amides is 1. The maximum absolute atomic E-state index is 12.3. The monoisotopic (exact) mass is 347 g/mol. The Hall–Kier alpha value is -2.35. The van der Waals surface area contributed by atoms with Gasteiger partial charge in [0.05, 0.1) is 11.8 Å². The molecule has 0 saturated carbocycles. The van der Waals surface area contributed by atoms with Crippen LogP contribution in [0.5, 0.6) is 5.88 Å². The van der Waals surface area contributed by atoms with Gasteiger partial charge in [0, 0.05) is 19.2 Å². The second kappa shape index (κ2) is 7.69. The van der Waals surface area contributed by atoms with Gasteiger partial charge in [-0.25, -0.2) is 5.01 Å². The van der Waals surface area contributed by atoms with Gasteiger partial charge >= 0.3 is 0 Å². The number of rotatable bonds is 7. The van der Waals surface area contributed by atoms with Crippen LogP contribution in [0.25, 0.3) is 0 Å². The van der Waals surface area contributed by atoms with Crippen LogP contribution in [-0.2, 0) is 0 Å². The first kappa shape index (κ1) is 17.5. The smallest absolute Gasteiger partial charge is 0.283 e. The lowest BCUT2D eigenvalue weighted by atomic mass is 9.96. The zero-order valence-corrected chi connectivity index (χ0v) is 14.9. The Morgan fingerprint density at radius 3 is 2.88 bits per heavy atom. The van der Waals surface area contributed by atoms with Crippen molar-refractivity contribution in [2.24, 2.45) is 5.92 Å². The lowest BCUT2D eigenvalue weighted by Crippen LogP contribution is -2.40. The fourth-order valence-corrected chi connectivity index (χ4v) is 2.92. The van der Waals surface area contributed by atoms with Crippen LogP contribution in [0, 0.1) is 12.8 Å². The Morgan fingerprint density at radius 1 is 1.48 bits per heavy atom. The average Bonchev–Trinajstić information content (AvgIpc) is 3.34. The van der Waals surface area contributed by atoms with Gasteiger partial charge in [0.15, 0.2) is 0 Å². The summed E-state index contributed by atoms with van der Waals surface area (Å²) in [6, 6.07) is 1.63. The van der Waals surface area contributed by atoms with E-state index >= 15 is 0 Å². The lowest BCUT2D eigenvalue weighted by molar-refractivity contribution is 0.0820. The molecule has 136 valence electrons. The summed E-state index contributed by atoms with van der Waals surface area (Å²) < 4.78 is 11.2. The first-order valence-electron chi connectivity index (χ1n) is 8.77. The van der Waals surface area contributed by atoms with E-state index in [1.54, 1.807) is 12.3 Å². The Balaban J connectivity index is 1.69. The van der Waals surface area contributed by atoms with E-state index in [1.165, 1.54) is 0 Å². The summed E-state index contributed by atoms with van der Waals surface area (Å²) in [5.41, 5.74) is 4.16. The highest BCUT2D eigenvalue weighted by Gasteiger charge is 2.26. The normalized spacial score (nSPS) is 17.4. The summed E-state index contributed by atoms with van der Waals surface area (Å²) >= 11 is 0. The van der Waals surface area contributed by atoms with E-state index in [0.717, 1.165) is 43.7 Å². The molecular weight excluding hydrogens is 322 g/mol. The number of nitrogens with zero attached hydrogens (tertiary/aromatic N) is 3. The highest BCUT2D eigenvalue weighted by molar-refractivity contribution is 5.92. The van der Waals surface area contributed by atoms with Crippen molar-refractivity contribution in [1.82, 2.24) is 25.8 Å². The average molecular weight is 347 g/mol. The number of hydrazine groups is 1. The largest absolute Gasteiger partial charge is 0.468 e. The molecule has 0 bridgehead atoms. The standard InChI is InChI=1S/C17H25N5O3/c1-4-11(2)16(13-10-18-25-12(13)3)24-15-9-14(19-20-15)17(23)21-22-7-5-6-8-22/h9-11,16H,4-8H2,1-3H3,(H,19,20)(H,21,23). The van der Waals surface area contributed by atoms with Crippen molar-refractivity contribution in [3.05, 3.63) is 29.3 Å². The van der Waals surface area contributed by atoms with E-state index < -0.39 is 0 Å².